The molecular weight excluding hydrogens is 346 g/mol. The second-order valence-corrected chi connectivity index (χ2v) is 8.19. The van der Waals surface area contributed by atoms with Crippen molar-refractivity contribution < 1.29 is 18.8 Å². The molecule has 1 N–H and O–H groups in total. The molecule has 27 heavy (non-hydrogen) atoms. The third-order valence-electron chi connectivity index (χ3n) is 6.39. The first-order valence-electron chi connectivity index (χ1n) is 10.3. The molecule has 0 saturated carbocycles. The standard InChI is InChI=1S/C20H29N3O4/c1-3-5-13-9-16(22-27-13)19(25)21-10-14-15-11-23(18(24)6-4-2)12-20(15)8-7-17(14)26-20/h9,14-15,17H,3-8,10-12H2,1-2H3,(H,21,25)/t14-,15+,17+,20+/m0/s1. The van der Waals surface area contributed by atoms with Gasteiger partial charge >= 0.3 is 0 Å². The maximum Gasteiger partial charge on any atom is 0.273 e. The number of carbonyl (C=O) groups is 2. The van der Waals surface area contributed by atoms with Gasteiger partial charge < -0.3 is 19.5 Å². The zero-order chi connectivity index (χ0) is 19.0. The maximum absolute atomic E-state index is 12.4. The Morgan fingerprint density at radius 3 is 3.00 bits per heavy atom. The summed E-state index contributed by atoms with van der Waals surface area (Å²) in [7, 11) is 0. The number of hydrogen-bond donors (Lipinski definition) is 1. The van der Waals surface area contributed by atoms with Crippen LogP contribution in [0.2, 0.25) is 0 Å². The number of aryl methyl sites for hydroxylation is 1. The van der Waals surface area contributed by atoms with E-state index in [2.05, 4.69) is 17.4 Å². The van der Waals surface area contributed by atoms with Gasteiger partial charge in [0, 0.05) is 43.8 Å². The molecule has 3 fully saturated rings. The minimum atomic E-state index is -0.199. The van der Waals surface area contributed by atoms with Gasteiger partial charge in [0.25, 0.3) is 5.91 Å². The molecule has 2 bridgehead atoms. The van der Waals surface area contributed by atoms with Crippen LogP contribution in [-0.4, -0.2) is 53.2 Å². The Morgan fingerprint density at radius 2 is 2.22 bits per heavy atom. The molecular formula is C20H29N3O4. The molecule has 0 aromatic carbocycles. The fourth-order valence-electron chi connectivity index (χ4n) is 5.11. The van der Waals surface area contributed by atoms with Gasteiger partial charge in [-0.3, -0.25) is 9.59 Å². The lowest BCUT2D eigenvalue weighted by molar-refractivity contribution is -0.131. The molecule has 3 saturated heterocycles. The SMILES string of the molecule is CCCC(=O)N1C[C@@H]2[C@H](CNC(=O)c3cc(CCC)on3)[C@H]3CC[C@]2(C1)O3. The molecule has 0 radical (unpaired) electrons. The molecule has 1 spiro atoms. The molecule has 3 aliphatic rings. The van der Waals surface area contributed by atoms with Gasteiger partial charge in [-0.05, 0) is 25.7 Å². The number of carbonyl (C=O) groups excluding carboxylic acids is 2. The topological polar surface area (TPSA) is 84.7 Å². The zero-order valence-corrected chi connectivity index (χ0v) is 16.2. The summed E-state index contributed by atoms with van der Waals surface area (Å²) in [5, 5.41) is 6.89. The largest absolute Gasteiger partial charge is 0.369 e. The van der Waals surface area contributed by atoms with Crippen molar-refractivity contribution >= 4 is 11.8 Å². The molecule has 0 unspecified atom stereocenters. The van der Waals surface area contributed by atoms with Crippen molar-refractivity contribution in [1.82, 2.24) is 15.4 Å². The average Bonchev–Trinajstić information content (AvgIpc) is 3.40. The molecule has 1 aromatic heterocycles. The number of fused-ring (bicyclic) bond motifs is 1. The van der Waals surface area contributed by atoms with Crippen molar-refractivity contribution in [2.45, 2.75) is 64.1 Å². The minimum Gasteiger partial charge on any atom is -0.369 e. The van der Waals surface area contributed by atoms with Crippen molar-refractivity contribution in [3.05, 3.63) is 17.5 Å². The van der Waals surface area contributed by atoms with Crippen LogP contribution in [0.3, 0.4) is 0 Å². The number of hydrogen-bond acceptors (Lipinski definition) is 5. The molecule has 0 aliphatic carbocycles. The normalized spacial score (nSPS) is 31.3. The Hall–Kier alpha value is -1.89. The van der Waals surface area contributed by atoms with Crippen LogP contribution < -0.4 is 5.32 Å². The minimum absolute atomic E-state index is 0.187. The Balaban J connectivity index is 1.38. The zero-order valence-electron chi connectivity index (χ0n) is 16.2. The van der Waals surface area contributed by atoms with Gasteiger partial charge in [-0.25, -0.2) is 0 Å². The van der Waals surface area contributed by atoms with Crippen LogP contribution in [0.1, 0.15) is 62.2 Å². The van der Waals surface area contributed by atoms with E-state index in [0.717, 1.165) is 44.4 Å². The first kappa shape index (κ1) is 18.5. The number of ether oxygens (including phenoxy) is 1. The van der Waals surface area contributed by atoms with Gasteiger partial charge in [-0.15, -0.1) is 0 Å². The van der Waals surface area contributed by atoms with Crippen molar-refractivity contribution in [3.63, 3.8) is 0 Å². The van der Waals surface area contributed by atoms with Crippen molar-refractivity contribution in [1.29, 1.82) is 0 Å². The summed E-state index contributed by atoms with van der Waals surface area (Å²) < 4.78 is 11.5. The molecule has 1 aromatic rings. The molecule has 148 valence electrons. The Bertz CT molecular complexity index is 718. The van der Waals surface area contributed by atoms with Crippen LogP contribution in [0, 0.1) is 11.8 Å². The second kappa shape index (κ2) is 7.26. The summed E-state index contributed by atoms with van der Waals surface area (Å²) in [6.07, 6.45) is 5.42. The number of rotatable bonds is 7. The third kappa shape index (κ3) is 3.26. The van der Waals surface area contributed by atoms with Crippen LogP contribution >= 0.6 is 0 Å². The second-order valence-electron chi connectivity index (χ2n) is 8.19. The quantitative estimate of drug-likeness (QED) is 0.789. The van der Waals surface area contributed by atoms with Crippen LogP contribution in [0.4, 0.5) is 0 Å². The van der Waals surface area contributed by atoms with Crippen LogP contribution in [0.5, 0.6) is 0 Å². The highest BCUT2D eigenvalue weighted by Crippen LogP contribution is 2.54. The molecule has 7 heteroatoms. The van der Waals surface area contributed by atoms with Crippen LogP contribution in [0.25, 0.3) is 0 Å². The molecule has 7 nitrogen and oxygen atoms in total. The lowest BCUT2D eigenvalue weighted by Crippen LogP contribution is -2.42. The van der Waals surface area contributed by atoms with Gasteiger partial charge in [0.15, 0.2) is 5.69 Å². The van der Waals surface area contributed by atoms with Crippen molar-refractivity contribution in [2.24, 2.45) is 11.8 Å². The lowest BCUT2D eigenvalue weighted by Gasteiger charge is -2.29. The Kier molecular flexibility index (Phi) is 4.97. The van der Waals surface area contributed by atoms with Crippen molar-refractivity contribution in [3.8, 4) is 0 Å². The van der Waals surface area contributed by atoms with Gasteiger partial charge in [-0.2, -0.15) is 0 Å². The van der Waals surface area contributed by atoms with E-state index >= 15 is 0 Å². The van der Waals surface area contributed by atoms with E-state index in [-0.39, 0.29) is 29.4 Å². The van der Waals surface area contributed by atoms with Crippen molar-refractivity contribution in [2.75, 3.05) is 19.6 Å². The van der Waals surface area contributed by atoms with Crippen LogP contribution in [0.15, 0.2) is 10.6 Å². The number of likely N-dealkylation sites (tertiary alicyclic amines) is 1. The van der Waals surface area contributed by atoms with Gasteiger partial charge in [0.2, 0.25) is 5.91 Å². The highest BCUT2D eigenvalue weighted by Gasteiger charge is 2.63. The summed E-state index contributed by atoms with van der Waals surface area (Å²) >= 11 is 0. The monoisotopic (exact) mass is 375 g/mol. The Morgan fingerprint density at radius 1 is 1.37 bits per heavy atom. The molecule has 3 aliphatic heterocycles. The number of aromatic nitrogens is 1. The van der Waals surface area contributed by atoms with Gasteiger partial charge in [0.1, 0.15) is 5.76 Å². The van der Waals surface area contributed by atoms with Gasteiger partial charge in [-0.1, -0.05) is 19.0 Å². The van der Waals surface area contributed by atoms with E-state index in [1.165, 1.54) is 0 Å². The predicted molar refractivity (Wildman–Crippen MR) is 98.1 cm³/mol. The Labute approximate surface area is 159 Å². The van der Waals surface area contributed by atoms with Gasteiger partial charge in [0.05, 0.1) is 18.2 Å². The highest BCUT2D eigenvalue weighted by atomic mass is 16.5. The summed E-state index contributed by atoms with van der Waals surface area (Å²) in [5.41, 5.74) is 0.148. The van der Waals surface area contributed by atoms with E-state index < -0.39 is 0 Å². The first-order chi connectivity index (χ1) is 13.1. The van der Waals surface area contributed by atoms with E-state index in [4.69, 9.17) is 9.26 Å². The molecule has 4 heterocycles. The van der Waals surface area contributed by atoms with E-state index in [9.17, 15) is 9.59 Å². The lowest BCUT2D eigenvalue weighted by atomic mass is 9.73. The molecule has 4 rings (SSSR count). The fourth-order valence-corrected chi connectivity index (χ4v) is 5.11. The summed E-state index contributed by atoms with van der Waals surface area (Å²) in [6, 6.07) is 1.72. The smallest absolute Gasteiger partial charge is 0.273 e. The van der Waals surface area contributed by atoms with E-state index in [1.54, 1.807) is 6.07 Å². The molecule has 2 amide bonds. The summed E-state index contributed by atoms with van der Waals surface area (Å²) in [4.78, 5) is 26.7. The van der Waals surface area contributed by atoms with E-state index in [0.29, 0.717) is 31.1 Å². The molecule has 4 atom stereocenters. The maximum atomic E-state index is 12.4. The highest BCUT2D eigenvalue weighted by molar-refractivity contribution is 5.92. The summed E-state index contributed by atoms with van der Waals surface area (Å²) in [5.74, 6) is 1.33. The average molecular weight is 375 g/mol. The number of nitrogens with one attached hydrogen (secondary N) is 1. The first-order valence-corrected chi connectivity index (χ1v) is 10.3. The fraction of sp³-hybridized carbons (Fsp3) is 0.750. The predicted octanol–water partition coefficient (Wildman–Crippen LogP) is 2.16. The van der Waals surface area contributed by atoms with E-state index in [1.807, 2.05) is 11.8 Å². The number of amides is 2. The summed E-state index contributed by atoms with van der Waals surface area (Å²) in [6.45, 7) is 6.11. The number of nitrogens with zero attached hydrogens (tertiary/aromatic N) is 2. The van der Waals surface area contributed by atoms with Crippen LogP contribution in [-0.2, 0) is 16.0 Å². The third-order valence-corrected chi connectivity index (χ3v) is 6.39.